The van der Waals surface area contributed by atoms with E-state index in [1.54, 1.807) is 45.0 Å². The van der Waals surface area contributed by atoms with E-state index in [2.05, 4.69) is 36.2 Å². The summed E-state index contributed by atoms with van der Waals surface area (Å²) in [5.74, 6) is -0.815. The fourth-order valence-electron chi connectivity index (χ4n) is 5.56. The molecule has 0 radical (unpaired) electrons. The molecule has 1 saturated heterocycles. The number of benzene rings is 1. The quantitative estimate of drug-likeness (QED) is 0.103. The molecule has 1 aromatic carbocycles. The van der Waals surface area contributed by atoms with Gasteiger partial charge in [0.2, 0.25) is 17.7 Å². The second-order valence-corrected chi connectivity index (χ2v) is 13.1. The third-order valence-electron chi connectivity index (χ3n) is 8.06. The van der Waals surface area contributed by atoms with Crippen molar-refractivity contribution in [2.75, 3.05) is 26.0 Å². The maximum atomic E-state index is 14.0. The van der Waals surface area contributed by atoms with E-state index in [1.807, 2.05) is 0 Å². The van der Waals surface area contributed by atoms with Gasteiger partial charge in [0, 0.05) is 19.9 Å². The lowest BCUT2D eigenvalue weighted by atomic mass is 10.0. The molecule has 278 valence electrons. The molecule has 1 fully saturated rings. The van der Waals surface area contributed by atoms with E-state index in [0.29, 0.717) is 30.7 Å². The molecule has 0 bridgehead atoms. The molecule has 6 atom stereocenters. The number of nitrogens with two attached hydrogens (primary N) is 1. The number of aliphatic hydroxyl groups is 2. The average Bonchev–Trinajstić information content (AvgIpc) is 3.64. The van der Waals surface area contributed by atoms with E-state index < -0.39 is 66.7 Å². The molecule has 2 aromatic heterocycles. The maximum Gasteiger partial charge on any atom is 0.408 e. The number of carbonyl (C=O) groups is 4. The minimum Gasteiger partial charge on any atom is -0.497 e. The van der Waals surface area contributed by atoms with Crippen LogP contribution < -0.4 is 31.7 Å². The van der Waals surface area contributed by atoms with Gasteiger partial charge < -0.3 is 51.4 Å². The number of fused-ring (bicyclic) bond motifs is 1. The first kappa shape index (κ1) is 38.7. The number of nitrogen functional groups attached to an aromatic ring is 1. The zero-order valence-corrected chi connectivity index (χ0v) is 29.3. The number of nitrogens with one attached hydrogen (secondary N) is 4. The van der Waals surface area contributed by atoms with E-state index in [-0.39, 0.29) is 35.7 Å². The van der Waals surface area contributed by atoms with Crippen LogP contribution in [-0.4, -0.2) is 110 Å². The number of aliphatic hydroxyl groups excluding tert-OH is 2. The molecule has 4 rings (SSSR count). The van der Waals surface area contributed by atoms with Gasteiger partial charge in [-0.2, -0.15) is 0 Å². The Labute approximate surface area is 294 Å². The first-order valence-corrected chi connectivity index (χ1v) is 16.6. The number of methoxy groups -OCH3 is 1. The fourth-order valence-corrected chi connectivity index (χ4v) is 5.56. The van der Waals surface area contributed by atoms with Crippen LogP contribution in [0.2, 0.25) is 0 Å². The van der Waals surface area contributed by atoms with Crippen molar-refractivity contribution in [1.82, 2.24) is 40.8 Å². The molecule has 1 aliphatic rings. The molecule has 18 heteroatoms. The van der Waals surface area contributed by atoms with Crippen molar-refractivity contribution in [2.45, 2.75) is 95.5 Å². The predicted octanol–water partition coefficient (Wildman–Crippen LogP) is 0.0797. The van der Waals surface area contributed by atoms with Crippen LogP contribution in [0.3, 0.4) is 0 Å². The van der Waals surface area contributed by atoms with Crippen molar-refractivity contribution in [3.8, 4) is 5.75 Å². The molecule has 51 heavy (non-hydrogen) atoms. The predicted molar refractivity (Wildman–Crippen MR) is 183 cm³/mol. The van der Waals surface area contributed by atoms with Crippen LogP contribution in [0.5, 0.6) is 5.75 Å². The van der Waals surface area contributed by atoms with Crippen molar-refractivity contribution < 1.29 is 43.6 Å². The van der Waals surface area contributed by atoms with Gasteiger partial charge in [0.05, 0.1) is 26.1 Å². The van der Waals surface area contributed by atoms with Gasteiger partial charge in [-0.15, -0.1) is 0 Å². The van der Waals surface area contributed by atoms with E-state index in [0.717, 1.165) is 0 Å². The van der Waals surface area contributed by atoms with Gasteiger partial charge >= 0.3 is 6.09 Å². The van der Waals surface area contributed by atoms with Gasteiger partial charge in [0.25, 0.3) is 0 Å². The van der Waals surface area contributed by atoms with Crippen LogP contribution in [0, 0.1) is 0 Å². The van der Waals surface area contributed by atoms with Crippen LogP contribution in [0.4, 0.5) is 10.6 Å². The Morgan fingerprint density at radius 3 is 2.41 bits per heavy atom. The highest BCUT2D eigenvalue weighted by Crippen LogP contribution is 2.32. The number of carbonyl (C=O) groups excluding carboxylic acids is 4. The summed E-state index contributed by atoms with van der Waals surface area (Å²) < 4.78 is 18.0. The Bertz CT molecular complexity index is 1660. The summed E-state index contributed by atoms with van der Waals surface area (Å²) >= 11 is 0. The summed E-state index contributed by atoms with van der Waals surface area (Å²) in [7, 11) is 1.52. The first-order valence-electron chi connectivity index (χ1n) is 16.6. The summed E-state index contributed by atoms with van der Waals surface area (Å²) in [6.45, 7) is 6.29. The van der Waals surface area contributed by atoms with Gasteiger partial charge in [-0.3, -0.25) is 19.0 Å². The van der Waals surface area contributed by atoms with Crippen LogP contribution in [-0.2, 0) is 30.3 Å². The number of hydrogen-bond donors (Lipinski definition) is 7. The molecule has 0 saturated carbocycles. The number of unbranched alkanes of at least 4 members (excludes halogenated alkanes) is 1. The van der Waals surface area contributed by atoms with Gasteiger partial charge in [0.1, 0.15) is 47.5 Å². The number of aromatic nitrogens is 4. The number of ether oxygens (including phenoxy) is 3. The van der Waals surface area contributed by atoms with Gasteiger partial charge in [-0.1, -0.05) is 12.1 Å². The van der Waals surface area contributed by atoms with E-state index >= 15 is 0 Å². The Hall–Kier alpha value is -5.07. The normalized spacial score (nSPS) is 19.9. The van der Waals surface area contributed by atoms with Gasteiger partial charge in [-0.05, 0) is 57.7 Å². The molecule has 2 unspecified atom stereocenters. The average molecular weight is 714 g/mol. The number of amides is 4. The van der Waals surface area contributed by atoms with Crippen molar-refractivity contribution in [3.63, 3.8) is 0 Å². The molecular weight excluding hydrogens is 666 g/mol. The SMILES string of the molecule is COc1ccc(CC(NC(=O)[C@H](CCCCNC(C)=O)NC(=O)OC(C)(C)C)C(=O)NC2[C@@H](CO)O[C@@H](n3cnc4c(N)ncnc43)[C@H]2O)cc1. The number of alkyl carbamates (subject to hydrolysis) is 1. The summed E-state index contributed by atoms with van der Waals surface area (Å²) in [6, 6.07) is 3.47. The van der Waals surface area contributed by atoms with Crippen molar-refractivity contribution in [1.29, 1.82) is 0 Å². The summed E-state index contributed by atoms with van der Waals surface area (Å²) in [5, 5.41) is 32.4. The van der Waals surface area contributed by atoms with Crippen molar-refractivity contribution >= 4 is 40.8 Å². The van der Waals surface area contributed by atoms with Gasteiger partial charge in [-0.25, -0.2) is 19.7 Å². The standard InChI is InChI=1S/C33H47N9O9/c1-18(44)35-13-7-6-8-21(40-32(48)51-33(2,3)4)29(46)39-22(14-19-9-11-20(49-5)12-10-19)30(47)41-24-23(15-43)50-31(26(24)45)42-17-38-25-27(34)36-16-37-28(25)42/h9-12,16-17,21-24,26,31,43,45H,6-8,13-15H2,1-5H3,(H,35,44)(H,39,46)(H,40,48)(H,41,47)(H2,34,36,37)/t21-,22?,23+,24?,26-,31+/m0/s1. The summed E-state index contributed by atoms with van der Waals surface area (Å²) in [5.41, 5.74) is 6.32. The molecule has 3 heterocycles. The van der Waals surface area contributed by atoms with Crippen molar-refractivity contribution in [2.24, 2.45) is 0 Å². The van der Waals surface area contributed by atoms with Crippen LogP contribution >= 0.6 is 0 Å². The monoisotopic (exact) mass is 713 g/mol. The second-order valence-electron chi connectivity index (χ2n) is 13.1. The highest BCUT2D eigenvalue weighted by atomic mass is 16.6. The van der Waals surface area contributed by atoms with Crippen molar-refractivity contribution in [3.05, 3.63) is 42.5 Å². The number of nitrogens with zero attached hydrogens (tertiary/aromatic N) is 4. The topological polar surface area (TPSA) is 254 Å². The van der Waals surface area contributed by atoms with Crippen LogP contribution in [0.1, 0.15) is 58.7 Å². The lowest BCUT2D eigenvalue weighted by Gasteiger charge is -2.27. The Kier molecular flexibility index (Phi) is 13.1. The summed E-state index contributed by atoms with van der Waals surface area (Å²) in [6.07, 6.45) is -0.583. The highest BCUT2D eigenvalue weighted by Gasteiger charge is 2.46. The molecule has 1 aliphatic heterocycles. The molecule has 3 aromatic rings. The summed E-state index contributed by atoms with van der Waals surface area (Å²) in [4.78, 5) is 64.1. The first-order chi connectivity index (χ1) is 24.2. The third kappa shape index (κ3) is 10.5. The number of imidazole rings is 1. The highest BCUT2D eigenvalue weighted by molar-refractivity contribution is 5.91. The maximum absolute atomic E-state index is 14.0. The second kappa shape index (κ2) is 17.2. The Morgan fingerprint density at radius 2 is 1.76 bits per heavy atom. The Balaban J connectivity index is 1.56. The fraction of sp³-hybridized carbons (Fsp3) is 0.545. The Morgan fingerprint density at radius 1 is 1.04 bits per heavy atom. The zero-order chi connectivity index (χ0) is 37.3. The minimum atomic E-state index is -1.39. The molecule has 18 nitrogen and oxygen atoms in total. The minimum absolute atomic E-state index is 0.0164. The molecule has 0 aliphatic carbocycles. The van der Waals surface area contributed by atoms with E-state index in [9.17, 15) is 29.4 Å². The van der Waals surface area contributed by atoms with E-state index in [1.165, 1.54) is 31.3 Å². The number of anilines is 1. The lowest BCUT2D eigenvalue weighted by molar-refractivity contribution is -0.131. The number of rotatable bonds is 15. The molecule has 8 N–H and O–H groups in total. The molecular formula is C33H47N9O9. The van der Waals surface area contributed by atoms with Crippen LogP contribution in [0.15, 0.2) is 36.9 Å². The molecule has 0 spiro atoms. The smallest absolute Gasteiger partial charge is 0.408 e. The third-order valence-corrected chi connectivity index (χ3v) is 8.06. The lowest BCUT2D eigenvalue weighted by Crippen LogP contribution is -2.58. The zero-order valence-electron chi connectivity index (χ0n) is 29.3. The van der Waals surface area contributed by atoms with Crippen LogP contribution in [0.25, 0.3) is 11.2 Å². The largest absolute Gasteiger partial charge is 0.497 e. The number of hydrogen-bond acceptors (Lipinski definition) is 13. The molecule has 4 amide bonds. The van der Waals surface area contributed by atoms with E-state index in [4.69, 9.17) is 19.9 Å². The van der Waals surface area contributed by atoms with Gasteiger partial charge in [0.15, 0.2) is 17.7 Å².